The van der Waals surface area contributed by atoms with Crippen molar-refractivity contribution in [2.24, 2.45) is 0 Å². The van der Waals surface area contributed by atoms with Crippen molar-refractivity contribution in [2.75, 3.05) is 18.0 Å². The summed E-state index contributed by atoms with van der Waals surface area (Å²) in [6.45, 7) is 2.72. The Hall–Kier alpha value is -1.37. The Morgan fingerprint density at radius 2 is 2.07 bits per heavy atom. The molecule has 3 N–H and O–H groups in total. The summed E-state index contributed by atoms with van der Waals surface area (Å²) >= 11 is 3.99. The molecule has 0 amide bonds. The second-order valence-corrected chi connectivity index (χ2v) is 11.4. The summed E-state index contributed by atoms with van der Waals surface area (Å²) in [6.07, 6.45) is 5.63. The lowest BCUT2D eigenvalue weighted by atomic mass is 10.1. The molecular formula is C20H24IN5O2S2. The Labute approximate surface area is 194 Å². The van der Waals surface area contributed by atoms with Gasteiger partial charge in [0.15, 0.2) is 11.0 Å². The van der Waals surface area contributed by atoms with E-state index in [-0.39, 0.29) is 5.75 Å². The largest absolute Gasteiger partial charge is 0.382 e. The number of fused-ring (bicyclic) bond motifs is 2. The van der Waals surface area contributed by atoms with Gasteiger partial charge in [-0.15, -0.1) is 0 Å². The minimum absolute atomic E-state index is 0.0710. The van der Waals surface area contributed by atoms with Crippen LogP contribution < -0.4 is 10.5 Å². The zero-order valence-corrected chi connectivity index (χ0v) is 20.5. The first-order valence-corrected chi connectivity index (χ1v) is 13.5. The van der Waals surface area contributed by atoms with Crippen LogP contribution in [-0.2, 0) is 29.4 Å². The quantitative estimate of drug-likeness (QED) is 0.411. The molecule has 0 fully saturated rings. The van der Waals surface area contributed by atoms with Crippen molar-refractivity contribution in [3.63, 3.8) is 0 Å². The van der Waals surface area contributed by atoms with E-state index in [1.165, 1.54) is 26.0 Å². The highest BCUT2D eigenvalue weighted by molar-refractivity contribution is 14.1. The molecule has 4 rings (SSSR count). The van der Waals surface area contributed by atoms with E-state index in [9.17, 15) is 8.42 Å². The van der Waals surface area contributed by atoms with Gasteiger partial charge in [-0.3, -0.25) is 0 Å². The maximum Gasteiger partial charge on any atom is 0.211 e. The smallest absolute Gasteiger partial charge is 0.211 e. The molecule has 0 saturated heterocycles. The number of nitrogens with two attached hydrogens (primary N) is 1. The number of aryl methyl sites for hydroxylation is 3. The SMILES string of the molecule is CCNS(=O)(=O)CCCn1c(Sc2cc3c(cc2I)CCC3)nc2c(N)nccc21. The standard InChI is InChI=1S/C20H24IN5O2S2/c1-2-24-30(27,28)10-4-9-26-16-7-8-23-19(22)18(16)25-20(26)29-17-12-14-6-3-5-13(14)11-15(17)21/h7-8,11-12,24H,2-6,9-10H2,1H3,(H2,22,23). The third kappa shape index (κ3) is 4.61. The summed E-state index contributed by atoms with van der Waals surface area (Å²) in [5.74, 6) is 0.457. The van der Waals surface area contributed by atoms with Crippen LogP contribution in [-0.4, -0.2) is 35.3 Å². The van der Waals surface area contributed by atoms with Gasteiger partial charge in [0, 0.05) is 27.8 Å². The average molecular weight is 557 g/mol. The van der Waals surface area contributed by atoms with Gasteiger partial charge in [0.05, 0.1) is 11.3 Å². The van der Waals surface area contributed by atoms with Gasteiger partial charge in [-0.2, -0.15) is 0 Å². The van der Waals surface area contributed by atoms with Gasteiger partial charge in [0.25, 0.3) is 0 Å². The number of hydrogen-bond donors (Lipinski definition) is 2. The molecule has 2 heterocycles. The summed E-state index contributed by atoms with van der Waals surface area (Å²) in [7, 11) is -3.26. The fourth-order valence-electron chi connectivity index (χ4n) is 3.80. The number of benzene rings is 1. The van der Waals surface area contributed by atoms with E-state index < -0.39 is 10.0 Å². The molecule has 10 heteroatoms. The van der Waals surface area contributed by atoms with Crippen LogP contribution in [0.1, 0.15) is 30.9 Å². The molecule has 1 aliphatic rings. The number of rotatable bonds is 8. The molecule has 0 unspecified atom stereocenters. The fourth-order valence-corrected chi connectivity index (χ4v) is 6.74. The van der Waals surface area contributed by atoms with Crippen LogP contribution >= 0.6 is 34.4 Å². The number of anilines is 1. The van der Waals surface area contributed by atoms with E-state index in [4.69, 9.17) is 10.7 Å². The molecule has 30 heavy (non-hydrogen) atoms. The number of nitrogens with zero attached hydrogens (tertiary/aromatic N) is 3. The highest BCUT2D eigenvalue weighted by Gasteiger charge is 2.19. The van der Waals surface area contributed by atoms with Gasteiger partial charge in [-0.25, -0.2) is 23.1 Å². The van der Waals surface area contributed by atoms with Gasteiger partial charge < -0.3 is 10.3 Å². The van der Waals surface area contributed by atoms with E-state index in [1.54, 1.807) is 24.9 Å². The lowest BCUT2D eigenvalue weighted by Gasteiger charge is -2.11. The Balaban J connectivity index is 1.66. The zero-order valence-electron chi connectivity index (χ0n) is 16.7. The second kappa shape index (κ2) is 9.01. The summed E-state index contributed by atoms with van der Waals surface area (Å²) in [5, 5.41) is 0.807. The minimum Gasteiger partial charge on any atom is -0.382 e. The summed E-state index contributed by atoms with van der Waals surface area (Å²) in [5.41, 5.74) is 10.5. The predicted octanol–water partition coefficient (Wildman–Crippen LogP) is 3.59. The van der Waals surface area contributed by atoms with Crippen LogP contribution in [0.25, 0.3) is 11.0 Å². The highest BCUT2D eigenvalue weighted by atomic mass is 127. The second-order valence-electron chi connectivity index (χ2n) is 7.29. The number of imidazole rings is 1. The number of pyridine rings is 1. The van der Waals surface area contributed by atoms with Gasteiger partial charge in [-0.05, 0) is 77.6 Å². The predicted molar refractivity (Wildman–Crippen MR) is 129 cm³/mol. The Bertz CT molecular complexity index is 1190. The molecule has 3 aromatic rings. The van der Waals surface area contributed by atoms with Crippen molar-refractivity contribution in [3.8, 4) is 0 Å². The highest BCUT2D eigenvalue weighted by Crippen LogP contribution is 2.37. The van der Waals surface area contributed by atoms with Crippen LogP contribution in [0.4, 0.5) is 5.82 Å². The molecule has 0 radical (unpaired) electrons. The maximum absolute atomic E-state index is 12.0. The van der Waals surface area contributed by atoms with E-state index in [0.29, 0.717) is 30.8 Å². The van der Waals surface area contributed by atoms with E-state index in [0.717, 1.165) is 23.5 Å². The molecule has 7 nitrogen and oxygen atoms in total. The van der Waals surface area contributed by atoms with Crippen molar-refractivity contribution in [3.05, 3.63) is 39.1 Å². The molecule has 1 aromatic carbocycles. The molecule has 2 aromatic heterocycles. The van der Waals surface area contributed by atoms with Crippen molar-refractivity contribution < 1.29 is 8.42 Å². The molecular weight excluding hydrogens is 533 g/mol. The minimum atomic E-state index is -3.26. The van der Waals surface area contributed by atoms with Gasteiger partial charge in [-0.1, -0.05) is 18.7 Å². The van der Waals surface area contributed by atoms with Crippen LogP contribution in [0.3, 0.4) is 0 Å². The van der Waals surface area contributed by atoms with Crippen LogP contribution in [0.2, 0.25) is 0 Å². The first-order chi connectivity index (χ1) is 14.4. The van der Waals surface area contributed by atoms with Gasteiger partial charge in [0.2, 0.25) is 10.0 Å². The molecule has 0 atom stereocenters. The number of nitrogen functional groups attached to an aromatic ring is 1. The molecule has 0 spiro atoms. The van der Waals surface area contributed by atoms with Crippen molar-refractivity contribution in [1.29, 1.82) is 0 Å². The molecule has 160 valence electrons. The third-order valence-corrected chi connectivity index (χ3v) is 9.03. The number of aromatic nitrogens is 3. The first-order valence-electron chi connectivity index (χ1n) is 9.95. The van der Waals surface area contributed by atoms with E-state index >= 15 is 0 Å². The maximum atomic E-state index is 12.0. The van der Waals surface area contributed by atoms with Gasteiger partial charge >= 0.3 is 0 Å². The molecule has 0 saturated carbocycles. The summed E-state index contributed by atoms with van der Waals surface area (Å²) in [4.78, 5) is 10.1. The number of sulfonamides is 1. The third-order valence-electron chi connectivity index (χ3n) is 5.17. The monoisotopic (exact) mass is 557 g/mol. The number of hydrogen-bond acceptors (Lipinski definition) is 6. The topological polar surface area (TPSA) is 103 Å². The van der Waals surface area contributed by atoms with Crippen molar-refractivity contribution in [2.45, 2.75) is 49.2 Å². The summed E-state index contributed by atoms with van der Waals surface area (Å²) in [6, 6.07) is 6.43. The fraction of sp³-hybridized carbons (Fsp3) is 0.400. The lowest BCUT2D eigenvalue weighted by molar-refractivity contribution is 0.571. The van der Waals surface area contributed by atoms with E-state index in [1.807, 2.05) is 6.07 Å². The van der Waals surface area contributed by atoms with Crippen LogP contribution in [0.15, 0.2) is 34.4 Å². The lowest BCUT2D eigenvalue weighted by Crippen LogP contribution is -2.26. The summed E-state index contributed by atoms with van der Waals surface area (Å²) < 4.78 is 29.9. The van der Waals surface area contributed by atoms with Crippen LogP contribution in [0, 0.1) is 3.57 Å². The Morgan fingerprint density at radius 1 is 1.30 bits per heavy atom. The number of halogens is 1. The van der Waals surface area contributed by atoms with E-state index in [2.05, 4.69) is 49.0 Å². The number of nitrogens with one attached hydrogen (secondary N) is 1. The Morgan fingerprint density at radius 3 is 2.83 bits per heavy atom. The average Bonchev–Trinajstić information content (AvgIpc) is 3.27. The van der Waals surface area contributed by atoms with Gasteiger partial charge in [0.1, 0.15) is 5.52 Å². The zero-order chi connectivity index (χ0) is 21.3. The molecule has 0 bridgehead atoms. The normalized spacial score (nSPS) is 13.8. The van der Waals surface area contributed by atoms with Crippen molar-refractivity contribution in [1.82, 2.24) is 19.3 Å². The molecule has 1 aliphatic carbocycles. The van der Waals surface area contributed by atoms with Crippen LogP contribution in [0.5, 0.6) is 0 Å². The Kier molecular flexibility index (Phi) is 6.56. The van der Waals surface area contributed by atoms with Crippen molar-refractivity contribution >= 4 is 61.2 Å². The first kappa shape index (κ1) is 21.8. The molecule has 0 aliphatic heterocycles.